The maximum atomic E-state index is 5.74. The van der Waals surface area contributed by atoms with Crippen molar-refractivity contribution in [3.05, 3.63) is 18.1 Å². The molecule has 16 heavy (non-hydrogen) atoms. The van der Waals surface area contributed by atoms with Gasteiger partial charge in [0.05, 0.1) is 30.3 Å². The lowest BCUT2D eigenvalue weighted by Gasteiger charge is -2.23. The minimum absolute atomic E-state index is 0.0952. The van der Waals surface area contributed by atoms with Crippen LogP contribution in [0, 0.1) is 0 Å². The van der Waals surface area contributed by atoms with Gasteiger partial charge in [-0.15, -0.1) is 0 Å². The predicted octanol–water partition coefficient (Wildman–Crippen LogP) is 2.61. The second kappa shape index (κ2) is 5.80. The fraction of sp³-hybridized carbons (Fsp3) is 0.667. The van der Waals surface area contributed by atoms with Crippen LogP contribution in [-0.4, -0.2) is 22.1 Å². The molecule has 0 fully saturated rings. The SMILES string of the molecule is CCNc1cnc(COC(C)(C)CC)cn1. The smallest absolute Gasteiger partial charge is 0.144 e. The Bertz CT molecular complexity index is 309. The van der Waals surface area contributed by atoms with Crippen LogP contribution in [0.15, 0.2) is 12.4 Å². The van der Waals surface area contributed by atoms with Crippen LogP contribution in [0.2, 0.25) is 0 Å². The lowest BCUT2D eigenvalue weighted by molar-refractivity contribution is -0.0331. The molecule has 0 bridgehead atoms. The number of nitrogens with zero attached hydrogens (tertiary/aromatic N) is 2. The number of hydrogen-bond donors (Lipinski definition) is 1. The fourth-order valence-electron chi connectivity index (χ4n) is 1.07. The lowest BCUT2D eigenvalue weighted by Crippen LogP contribution is -2.23. The van der Waals surface area contributed by atoms with Crippen LogP contribution in [0.4, 0.5) is 5.82 Å². The molecule has 0 saturated carbocycles. The molecule has 0 atom stereocenters. The fourth-order valence-corrected chi connectivity index (χ4v) is 1.07. The number of rotatable bonds is 6. The summed E-state index contributed by atoms with van der Waals surface area (Å²) in [6.07, 6.45) is 4.47. The van der Waals surface area contributed by atoms with E-state index in [4.69, 9.17) is 4.74 Å². The molecule has 0 radical (unpaired) electrons. The molecule has 0 aromatic carbocycles. The summed E-state index contributed by atoms with van der Waals surface area (Å²) in [4.78, 5) is 8.53. The van der Waals surface area contributed by atoms with Crippen LogP contribution in [0.3, 0.4) is 0 Å². The maximum absolute atomic E-state index is 5.74. The van der Waals surface area contributed by atoms with Gasteiger partial charge in [-0.3, -0.25) is 4.98 Å². The third-order valence-corrected chi connectivity index (χ3v) is 2.53. The second-order valence-corrected chi connectivity index (χ2v) is 4.33. The van der Waals surface area contributed by atoms with E-state index in [1.807, 2.05) is 6.92 Å². The van der Waals surface area contributed by atoms with E-state index in [1.165, 1.54) is 0 Å². The standard InChI is InChI=1S/C12H21N3O/c1-5-12(3,4)16-9-10-7-15-11(8-14-10)13-6-2/h7-8H,5-6,9H2,1-4H3,(H,13,15). The van der Waals surface area contributed by atoms with Gasteiger partial charge in [0.15, 0.2) is 0 Å². The van der Waals surface area contributed by atoms with Crippen molar-refractivity contribution in [1.29, 1.82) is 0 Å². The van der Waals surface area contributed by atoms with E-state index in [0.29, 0.717) is 6.61 Å². The van der Waals surface area contributed by atoms with Crippen molar-refractivity contribution in [3.63, 3.8) is 0 Å². The number of aromatic nitrogens is 2. The van der Waals surface area contributed by atoms with Gasteiger partial charge in [0.1, 0.15) is 5.82 Å². The number of hydrogen-bond acceptors (Lipinski definition) is 4. The van der Waals surface area contributed by atoms with Crippen LogP contribution in [-0.2, 0) is 11.3 Å². The summed E-state index contributed by atoms with van der Waals surface area (Å²) in [6, 6.07) is 0. The first-order valence-corrected chi connectivity index (χ1v) is 5.76. The Kier molecular flexibility index (Phi) is 4.68. The third kappa shape index (κ3) is 4.14. The zero-order chi connectivity index (χ0) is 12.0. The van der Waals surface area contributed by atoms with Crippen LogP contribution in [0.1, 0.15) is 39.8 Å². The summed E-state index contributed by atoms with van der Waals surface area (Å²) in [6.45, 7) is 9.66. The van der Waals surface area contributed by atoms with E-state index in [2.05, 4.69) is 36.1 Å². The number of nitrogens with one attached hydrogen (secondary N) is 1. The molecule has 1 N–H and O–H groups in total. The minimum Gasteiger partial charge on any atom is -0.369 e. The summed E-state index contributed by atoms with van der Waals surface area (Å²) in [5.74, 6) is 0.806. The van der Waals surface area contributed by atoms with Gasteiger partial charge in [-0.2, -0.15) is 0 Å². The Morgan fingerprint density at radius 2 is 2.00 bits per heavy atom. The van der Waals surface area contributed by atoms with E-state index in [-0.39, 0.29) is 5.60 Å². The van der Waals surface area contributed by atoms with Gasteiger partial charge in [0, 0.05) is 6.54 Å². The second-order valence-electron chi connectivity index (χ2n) is 4.33. The summed E-state index contributed by atoms with van der Waals surface area (Å²) in [5, 5.41) is 3.10. The van der Waals surface area contributed by atoms with E-state index >= 15 is 0 Å². The average Bonchev–Trinajstić information content (AvgIpc) is 2.29. The van der Waals surface area contributed by atoms with Crippen molar-refractivity contribution in [3.8, 4) is 0 Å². The van der Waals surface area contributed by atoms with Gasteiger partial charge in [-0.25, -0.2) is 4.98 Å². The Labute approximate surface area is 97.5 Å². The van der Waals surface area contributed by atoms with Crippen molar-refractivity contribution >= 4 is 5.82 Å². The van der Waals surface area contributed by atoms with Crippen molar-refractivity contribution in [2.45, 2.75) is 46.3 Å². The van der Waals surface area contributed by atoms with E-state index in [0.717, 1.165) is 24.5 Å². The topological polar surface area (TPSA) is 47.0 Å². The molecule has 0 aliphatic carbocycles. The molecular weight excluding hydrogens is 202 g/mol. The van der Waals surface area contributed by atoms with Crippen LogP contribution < -0.4 is 5.32 Å². The zero-order valence-corrected chi connectivity index (χ0v) is 10.6. The third-order valence-electron chi connectivity index (χ3n) is 2.53. The molecule has 1 heterocycles. The van der Waals surface area contributed by atoms with E-state index in [9.17, 15) is 0 Å². The Hall–Kier alpha value is -1.16. The summed E-state index contributed by atoms with van der Waals surface area (Å²) >= 11 is 0. The van der Waals surface area contributed by atoms with Crippen LogP contribution in [0.25, 0.3) is 0 Å². The zero-order valence-electron chi connectivity index (χ0n) is 10.6. The molecule has 0 aliphatic heterocycles. The Morgan fingerprint density at radius 1 is 1.25 bits per heavy atom. The lowest BCUT2D eigenvalue weighted by atomic mass is 10.1. The molecule has 1 rings (SSSR count). The van der Waals surface area contributed by atoms with E-state index < -0.39 is 0 Å². The highest BCUT2D eigenvalue weighted by atomic mass is 16.5. The summed E-state index contributed by atoms with van der Waals surface area (Å²) in [7, 11) is 0. The minimum atomic E-state index is -0.0952. The highest BCUT2D eigenvalue weighted by Crippen LogP contribution is 2.15. The van der Waals surface area contributed by atoms with Gasteiger partial charge < -0.3 is 10.1 Å². The first-order valence-electron chi connectivity index (χ1n) is 5.76. The summed E-state index contributed by atoms with van der Waals surface area (Å²) < 4.78 is 5.74. The molecule has 0 saturated heterocycles. The van der Waals surface area contributed by atoms with Gasteiger partial charge >= 0.3 is 0 Å². The molecule has 0 aliphatic rings. The molecule has 1 aromatic rings. The molecule has 0 amide bonds. The molecular formula is C12H21N3O. The number of anilines is 1. The number of ether oxygens (including phenoxy) is 1. The average molecular weight is 223 g/mol. The van der Waals surface area contributed by atoms with Crippen LogP contribution in [0.5, 0.6) is 0 Å². The first-order chi connectivity index (χ1) is 7.57. The van der Waals surface area contributed by atoms with Crippen molar-refractivity contribution in [1.82, 2.24) is 9.97 Å². The van der Waals surface area contributed by atoms with Crippen LogP contribution >= 0.6 is 0 Å². The largest absolute Gasteiger partial charge is 0.369 e. The van der Waals surface area contributed by atoms with Gasteiger partial charge in [0.2, 0.25) is 0 Å². The summed E-state index contributed by atoms with van der Waals surface area (Å²) in [5.41, 5.74) is 0.769. The molecule has 4 heteroatoms. The van der Waals surface area contributed by atoms with Gasteiger partial charge in [0.25, 0.3) is 0 Å². The molecule has 0 unspecified atom stereocenters. The molecule has 0 spiro atoms. The highest BCUT2D eigenvalue weighted by Gasteiger charge is 2.15. The van der Waals surface area contributed by atoms with Crippen molar-refractivity contribution in [2.24, 2.45) is 0 Å². The first kappa shape index (κ1) is 12.9. The highest BCUT2D eigenvalue weighted by molar-refractivity contribution is 5.30. The Morgan fingerprint density at radius 3 is 2.50 bits per heavy atom. The van der Waals surface area contributed by atoms with E-state index in [1.54, 1.807) is 12.4 Å². The molecule has 1 aromatic heterocycles. The van der Waals surface area contributed by atoms with Gasteiger partial charge in [-0.1, -0.05) is 6.92 Å². The quantitative estimate of drug-likeness (QED) is 0.805. The molecule has 90 valence electrons. The Balaban J connectivity index is 2.49. The molecule has 4 nitrogen and oxygen atoms in total. The predicted molar refractivity (Wildman–Crippen MR) is 65.4 cm³/mol. The normalized spacial score (nSPS) is 11.5. The van der Waals surface area contributed by atoms with Gasteiger partial charge in [-0.05, 0) is 27.2 Å². The monoisotopic (exact) mass is 223 g/mol. The van der Waals surface area contributed by atoms with Crippen molar-refractivity contribution in [2.75, 3.05) is 11.9 Å². The maximum Gasteiger partial charge on any atom is 0.144 e. The van der Waals surface area contributed by atoms with Crippen molar-refractivity contribution < 1.29 is 4.74 Å².